The molecule has 4 nitrogen and oxygen atoms in total. The van der Waals surface area contributed by atoms with Crippen LogP contribution in [0.25, 0.3) is 10.6 Å². The third kappa shape index (κ3) is 4.30. The van der Waals surface area contributed by atoms with Crippen LogP contribution in [0.1, 0.15) is 22.9 Å². The van der Waals surface area contributed by atoms with E-state index in [9.17, 15) is 0 Å². The SMILES string of the molecule is Cc1ccc(-c2nc(CN3CCNCC3c3ccncc3)cs2)cc1.Cl. The van der Waals surface area contributed by atoms with Crippen molar-refractivity contribution in [2.24, 2.45) is 0 Å². The average Bonchev–Trinajstić information content (AvgIpc) is 3.12. The lowest BCUT2D eigenvalue weighted by atomic mass is 10.0. The lowest BCUT2D eigenvalue weighted by Gasteiger charge is -2.36. The molecule has 0 amide bonds. The van der Waals surface area contributed by atoms with Crippen LogP contribution in [0.15, 0.2) is 54.2 Å². The summed E-state index contributed by atoms with van der Waals surface area (Å²) < 4.78 is 0. The molecular weight excluding hydrogens is 364 g/mol. The zero-order chi connectivity index (χ0) is 17.1. The average molecular weight is 387 g/mol. The topological polar surface area (TPSA) is 41.1 Å². The van der Waals surface area contributed by atoms with Crippen LogP contribution in [0.4, 0.5) is 0 Å². The first-order valence-electron chi connectivity index (χ1n) is 8.66. The number of hydrogen-bond donors (Lipinski definition) is 1. The zero-order valence-corrected chi connectivity index (χ0v) is 16.4. The molecule has 4 rings (SSSR count). The summed E-state index contributed by atoms with van der Waals surface area (Å²) in [4.78, 5) is 11.5. The summed E-state index contributed by atoms with van der Waals surface area (Å²) in [6.07, 6.45) is 3.75. The zero-order valence-electron chi connectivity index (χ0n) is 14.8. The van der Waals surface area contributed by atoms with E-state index in [1.54, 1.807) is 11.3 Å². The van der Waals surface area contributed by atoms with Gasteiger partial charge in [0.15, 0.2) is 0 Å². The second-order valence-corrected chi connectivity index (χ2v) is 7.34. The van der Waals surface area contributed by atoms with Crippen molar-refractivity contribution < 1.29 is 0 Å². The number of rotatable bonds is 4. The highest BCUT2D eigenvalue weighted by Crippen LogP contribution is 2.27. The van der Waals surface area contributed by atoms with Crippen LogP contribution in [0.3, 0.4) is 0 Å². The van der Waals surface area contributed by atoms with E-state index in [2.05, 4.69) is 63.9 Å². The minimum atomic E-state index is 0. The van der Waals surface area contributed by atoms with Gasteiger partial charge in [-0.1, -0.05) is 29.8 Å². The molecular formula is C20H23ClN4S. The molecule has 0 radical (unpaired) electrons. The fourth-order valence-electron chi connectivity index (χ4n) is 3.27. The fraction of sp³-hybridized carbons (Fsp3) is 0.300. The molecule has 1 aliphatic heterocycles. The van der Waals surface area contributed by atoms with Gasteiger partial charge in [-0.2, -0.15) is 0 Å². The Kier molecular flexibility index (Phi) is 6.38. The molecule has 2 aromatic heterocycles. The summed E-state index contributed by atoms with van der Waals surface area (Å²) in [7, 11) is 0. The maximum Gasteiger partial charge on any atom is 0.123 e. The highest BCUT2D eigenvalue weighted by atomic mass is 35.5. The number of hydrogen-bond acceptors (Lipinski definition) is 5. The molecule has 0 aliphatic carbocycles. The van der Waals surface area contributed by atoms with E-state index in [1.165, 1.54) is 16.7 Å². The molecule has 1 atom stereocenters. The summed E-state index contributed by atoms with van der Waals surface area (Å²) >= 11 is 1.73. The Bertz CT molecular complexity index is 819. The Hall–Kier alpha value is -1.79. The van der Waals surface area contributed by atoms with E-state index in [4.69, 9.17) is 4.98 Å². The molecule has 3 heterocycles. The lowest BCUT2D eigenvalue weighted by Crippen LogP contribution is -2.45. The van der Waals surface area contributed by atoms with Gasteiger partial charge >= 0.3 is 0 Å². The van der Waals surface area contributed by atoms with Crippen molar-refractivity contribution in [1.82, 2.24) is 20.2 Å². The fourth-order valence-corrected chi connectivity index (χ4v) is 4.08. The summed E-state index contributed by atoms with van der Waals surface area (Å²) in [6, 6.07) is 13.2. The molecule has 1 aliphatic rings. The van der Waals surface area contributed by atoms with E-state index in [0.717, 1.165) is 36.9 Å². The molecule has 1 saturated heterocycles. The Morgan fingerprint density at radius 2 is 1.92 bits per heavy atom. The number of benzene rings is 1. The van der Waals surface area contributed by atoms with E-state index >= 15 is 0 Å². The second kappa shape index (κ2) is 8.73. The molecule has 1 unspecified atom stereocenters. The monoisotopic (exact) mass is 386 g/mol. The predicted molar refractivity (Wildman–Crippen MR) is 110 cm³/mol. The summed E-state index contributed by atoms with van der Waals surface area (Å²) in [5, 5.41) is 6.80. The molecule has 136 valence electrons. The van der Waals surface area contributed by atoms with Crippen molar-refractivity contribution >= 4 is 23.7 Å². The number of aromatic nitrogens is 2. The van der Waals surface area contributed by atoms with Crippen LogP contribution >= 0.6 is 23.7 Å². The Morgan fingerprint density at radius 3 is 2.69 bits per heavy atom. The number of piperazine rings is 1. The molecule has 1 N–H and O–H groups in total. The second-order valence-electron chi connectivity index (χ2n) is 6.48. The minimum absolute atomic E-state index is 0. The van der Waals surface area contributed by atoms with Crippen LogP contribution in [0.2, 0.25) is 0 Å². The largest absolute Gasteiger partial charge is 0.314 e. The van der Waals surface area contributed by atoms with Gasteiger partial charge in [-0.15, -0.1) is 23.7 Å². The number of nitrogens with one attached hydrogen (secondary N) is 1. The van der Waals surface area contributed by atoms with Gasteiger partial charge in [0.05, 0.1) is 5.69 Å². The van der Waals surface area contributed by atoms with Gasteiger partial charge in [-0.3, -0.25) is 9.88 Å². The van der Waals surface area contributed by atoms with Gasteiger partial charge in [-0.25, -0.2) is 4.98 Å². The Balaban J connectivity index is 0.00000196. The first-order valence-corrected chi connectivity index (χ1v) is 9.54. The molecule has 3 aromatic rings. The van der Waals surface area contributed by atoms with Crippen molar-refractivity contribution in [1.29, 1.82) is 0 Å². The molecule has 0 spiro atoms. The minimum Gasteiger partial charge on any atom is -0.314 e. The number of halogens is 1. The summed E-state index contributed by atoms with van der Waals surface area (Å²) in [6.45, 7) is 6.03. The summed E-state index contributed by atoms with van der Waals surface area (Å²) in [5.41, 5.74) is 4.95. The van der Waals surface area contributed by atoms with Gasteiger partial charge in [0.2, 0.25) is 0 Å². The van der Waals surface area contributed by atoms with Crippen LogP contribution < -0.4 is 5.32 Å². The molecule has 0 saturated carbocycles. The van der Waals surface area contributed by atoms with E-state index < -0.39 is 0 Å². The van der Waals surface area contributed by atoms with Crippen molar-refractivity contribution in [3.8, 4) is 10.6 Å². The highest BCUT2D eigenvalue weighted by molar-refractivity contribution is 7.13. The normalized spacial score (nSPS) is 17.7. The van der Waals surface area contributed by atoms with Gasteiger partial charge in [0, 0.05) is 55.6 Å². The van der Waals surface area contributed by atoms with Gasteiger partial charge in [-0.05, 0) is 24.6 Å². The van der Waals surface area contributed by atoms with Crippen molar-refractivity contribution in [3.05, 3.63) is 71.0 Å². The maximum atomic E-state index is 4.88. The van der Waals surface area contributed by atoms with E-state index in [1.807, 2.05) is 12.4 Å². The Morgan fingerprint density at radius 1 is 1.15 bits per heavy atom. The third-order valence-corrected chi connectivity index (χ3v) is 5.60. The molecule has 26 heavy (non-hydrogen) atoms. The number of nitrogens with zero attached hydrogens (tertiary/aromatic N) is 3. The number of aryl methyl sites for hydroxylation is 1. The van der Waals surface area contributed by atoms with Gasteiger partial charge in [0.1, 0.15) is 5.01 Å². The Labute approximate surface area is 164 Å². The molecule has 1 fully saturated rings. The van der Waals surface area contributed by atoms with Crippen LogP contribution in [-0.2, 0) is 6.54 Å². The smallest absolute Gasteiger partial charge is 0.123 e. The van der Waals surface area contributed by atoms with Crippen LogP contribution in [0, 0.1) is 6.92 Å². The molecule has 0 bridgehead atoms. The number of thiazole rings is 1. The standard InChI is InChI=1S/C20H22N4S.ClH/c1-15-2-4-17(5-3-15)20-23-18(14-25-20)13-24-11-10-22-12-19(24)16-6-8-21-9-7-16;/h2-9,14,19,22H,10-13H2,1H3;1H. The van der Waals surface area contributed by atoms with Crippen LogP contribution in [-0.4, -0.2) is 34.5 Å². The predicted octanol–water partition coefficient (Wildman–Crippen LogP) is 4.08. The first-order chi connectivity index (χ1) is 12.3. The van der Waals surface area contributed by atoms with E-state index in [0.29, 0.717) is 6.04 Å². The highest BCUT2D eigenvalue weighted by Gasteiger charge is 2.24. The quantitative estimate of drug-likeness (QED) is 0.733. The summed E-state index contributed by atoms with van der Waals surface area (Å²) in [5.74, 6) is 0. The van der Waals surface area contributed by atoms with Crippen molar-refractivity contribution in [2.75, 3.05) is 19.6 Å². The van der Waals surface area contributed by atoms with Crippen molar-refractivity contribution in [2.45, 2.75) is 19.5 Å². The third-order valence-electron chi connectivity index (χ3n) is 4.66. The maximum absolute atomic E-state index is 4.88. The first kappa shape index (κ1) is 19.0. The van der Waals surface area contributed by atoms with Gasteiger partial charge < -0.3 is 5.32 Å². The number of pyridine rings is 1. The van der Waals surface area contributed by atoms with Crippen molar-refractivity contribution in [3.63, 3.8) is 0 Å². The molecule has 6 heteroatoms. The van der Waals surface area contributed by atoms with Crippen LogP contribution in [0.5, 0.6) is 0 Å². The molecule has 1 aromatic carbocycles. The van der Waals surface area contributed by atoms with E-state index in [-0.39, 0.29) is 12.4 Å². The lowest BCUT2D eigenvalue weighted by molar-refractivity contribution is 0.152. The van der Waals surface area contributed by atoms with Gasteiger partial charge in [0.25, 0.3) is 0 Å².